The second kappa shape index (κ2) is 6.61. The van der Waals surface area contributed by atoms with Crippen LogP contribution in [0, 0.1) is 6.92 Å². The van der Waals surface area contributed by atoms with Crippen LogP contribution in [0.15, 0.2) is 69.7 Å². The molecule has 1 fully saturated rings. The van der Waals surface area contributed by atoms with E-state index >= 15 is 0 Å². The summed E-state index contributed by atoms with van der Waals surface area (Å²) in [6.45, 7) is 1.95. The van der Waals surface area contributed by atoms with Crippen LogP contribution >= 0.6 is 28.1 Å². The molecule has 0 amide bonds. The van der Waals surface area contributed by atoms with Crippen molar-refractivity contribution in [3.63, 3.8) is 0 Å². The SMILES string of the molecule is Cc1ccc([C@@H]2[C@@H](c3ccccn3)NC(=S)N2c2ccc(Br)cc2)o1. The van der Waals surface area contributed by atoms with Crippen molar-refractivity contribution >= 4 is 38.9 Å². The average Bonchev–Trinajstić information content (AvgIpc) is 3.20. The maximum Gasteiger partial charge on any atom is 0.174 e. The second-order valence-corrected chi connectivity index (χ2v) is 7.22. The monoisotopic (exact) mass is 413 g/mol. The molecule has 3 aromatic rings. The first-order valence-electron chi connectivity index (χ1n) is 7.96. The van der Waals surface area contributed by atoms with E-state index in [2.05, 4.69) is 31.1 Å². The van der Waals surface area contributed by atoms with Crippen molar-refractivity contribution in [2.45, 2.75) is 19.0 Å². The Bertz CT molecular complexity index is 895. The summed E-state index contributed by atoms with van der Waals surface area (Å²) < 4.78 is 6.99. The number of rotatable bonds is 3. The molecule has 0 spiro atoms. The number of benzene rings is 1. The fourth-order valence-corrected chi connectivity index (χ4v) is 3.75. The van der Waals surface area contributed by atoms with Crippen LogP contribution < -0.4 is 10.2 Å². The van der Waals surface area contributed by atoms with Crippen LogP contribution in [-0.4, -0.2) is 10.1 Å². The quantitative estimate of drug-likeness (QED) is 0.616. The highest BCUT2D eigenvalue weighted by atomic mass is 79.9. The predicted molar refractivity (Wildman–Crippen MR) is 106 cm³/mol. The smallest absolute Gasteiger partial charge is 0.174 e. The van der Waals surface area contributed by atoms with Crippen LogP contribution in [0.3, 0.4) is 0 Å². The van der Waals surface area contributed by atoms with Crippen molar-refractivity contribution in [2.24, 2.45) is 0 Å². The molecule has 0 bridgehead atoms. The summed E-state index contributed by atoms with van der Waals surface area (Å²) in [5.74, 6) is 1.74. The molecule has 25 heavy (non-hydrogen) atoms. The van der Waals surface area contributed by atoms with E-state index in [1.807, 2.05) is 61.5 Å². The van der Waals surface area contributed by atoms with Gasteiger partial charge in [0.15, 0.2) is 5.11 Å². The Kier molecular flexibility index (Phi) is 4.31. The second-order valence-electron chi connectivity index (χ2n) is 5.92. The maximum absolute atomic E-state index is 5.96. The van der Waals surface area contributed by atoms with Gasteiger partial charge in [-0.25, -0.2) is 0 Å². The number of halogens is 1. The van der Waals surface area contributed by atoms with Crippen LogP contribution in [0.4, 0.5) is 5.69 Å². The molecule has 1 aromatic carbocycles. The van der Waals surface area contributed by atoms with Crippen LogP contribution in [0.2, 0.25) is 0 Å². The van der Waals surface area contributed by atoms with E-state index in [1.54, 1.807) is 6.20 Å². The molecule has 0 unspecified atom stereocenters. The van der Waals surface area contributed by atoms with Gasteiger partial charge in [0, 0.05) is 16.4 Å². The number of hydrogen-bond acceptors (Lipinski definition) is 3. The molecule has 4 nitrogen and oxygen atoms in total. The molecular formula is C19H16BrN3OS. The lowest BCUT2D eigenvalue weighted by atomic mass is 10.0. The van der Waals surface area contributed by atoms with Gasteiger partial charge in [-0.3, -0.25) is 4.98 Å². The Morgan fingerprint density at radius 3 is 2.56 bits per heavy atom. The molecular weight excluding hydrogens is 398 g/mol. The first kappa shape index (κ1) is 16.3. The molecule has 6 heteroatoms. The third-order valence-corrected chi connectivity index (χ3v) is 5.10. The zero-order valence-corrected chi connectivity index (χ0v) is 15.9. The van der Waals surface area contributed by atoms with E-state index in [-0.39, 0.29) is 12.1 Å². The molecule has 1 aliphatic heterocycles. The number of nitrogens with zero attached hydrogens (tertiary/aromatic N) is 2. The van der Waals surface area contributed by atoms with Crippen molar-refractivity contribution in [1.29, 1.82) is 0 Å². The van der Waals surface area contributed by atoms with E-state index in [0.29, 0.717) is 5.11 Å². The summed E-state index contributed by atoms with van der Waals surface area (Å²) in [4.78, 5) is 6.62. The van der Waals surface area contributed by atoms with E-state index in [1.165, 1.54) is 0 Å². The Morgan fingerprint density at radius 2 is 1.92 bits per heavy atom. The van der Waals surface area contributed by atoms with Crippen LogP contribution in [0.25, 0.3) is 0 Å². The Hall–Kier alpha value is -2.18. The zero-order chi connectivity index (χ0) is 17.4. The molecule has 0 saturated carbocycles. The minimum Gasteiger partial charge on any atom is -0.464 e. The molecule has 3 heterocycles. The van der Waals surface area contributed by atoms with Gasteiger partial charge in [-0.1, -0.05) is 22.0 Å². The van der Waals surface area contributed by atoms with Gasteiger partial charge in [-0.2, -0.15) is 0 Å². The van der Waals surface area contributed by atoms with E-state index in [0.717, 1.165) is 27.4 Å². The van der Waals surface area contributed by atoms with Crippen molar-refractivity contribution in [2.75, 3.05) is 4.90 Å². The molecule has 1 saturated heterocycles. The van der Waals surface area contributed by atoms with Gasteiger partial charge in [-0.15, -0.1) is 0 Å². The van der Waals surface area contributed by atoms with Gasteiger partial charge in [0.2, 0.25) is 0 Å². The number of aryl methyl sites for hydroxylation is 1. The third kappa shape index (κ3) is 3.07. The van der Waals surface area contributed by atoms with Crippen LogP contribution in [0.5, 0.6) is 0 Å². The number of pyridine rings is 1. The van der Waals surface area contributed by atoms with Crippen molar-refractivity contribution in [3.8, 4) is 0 Å². The maximum atomic E-state index is 5.96. The van der Waals surface area contributed by atoms with Gasteiger partial charge in [0.05, 0.1) is 11.7 Å². The van der Waals surface area contributed by atoms with Gasteiger partial charge < -0.3 is 14.6 Å². The Morgan fingerprint density at radius 1 is 1.12 bits per heavy atom. The number of hydrogen-bond donors (Lipinski definition) is 1. The first-order chi connectivity index (χ1) is 12.1. The third-order valence-electron chi connectivity index (χ3n) is 4.26. The standard InChI is InChI=1S/C19H16BrN3OS/c1-12-5-10-16(24-12)18-17(15-4-2-3-11-21-15)22-19(25)23(18)14-8-6-13(20)7-9-14/h2-11,17-18H,1H3,(H,22,25)/t17-,18-/m1/s1. The number of aromatic nitrogens is 1. The lowest BCUT2D eigenvalue weighted by Gasteiger charge is -2.26. The van der Waals surface area contributed by atoms with E-state index in [9.17, 15) is 0 Å². The Balaban J connectivity index is 1.81. The highest BCUT2D eigenvalue weighted by Crippen LogP contribution is 2.42. The van der Waals surface area contributed by atoms with Crippen molar-refractivity contribution < 1.29 is 4.42 Å². The van der Waals surface area contributed by atoms with Gasteiger partial charge in [0.1, 0.15) is 17.6 Å². The highest BCUT2D eigenvalue weighted by Gasteiger charge is 2.42. The van der Waals surface area contributed by atoms with Gasteiger partial charge >= 0.3 is 0 Å². The Labute approximate surface area is 160 Å². The average molecular weight is 414 g/mol. The molecule has 2 atom stereocenters. The van der Waals surface area contributed by atoms with Crippen LogP contribution in [-0.2, 0) is 0 Å². The fraction of sp³-hybridized carbons (Fsp3) is 0.158. The minimum atomic E-state index is -0.0997. The number of anilines is 1. The normalized spacial score (nSPS) is 19.9. The first-order valence-corrected chi connectivity index (χ1v) is 9.16. The fourth-order valence-electron chi connectivity index (χ4n) is 3.14. The molecule has 0 radical (unpaired) electrons. The highest BCUT2D eigenvalue weighted by molar-refractivity contribution is 9.10. The summed E-state index contributed by atoms with van der Waals surface area (Å²) >= 11 is 9.14. The summed E-state index contributed by atoms with van der Waals surface area (Å²) in [5.41, 5.74) is 1.95. The lowest BCUT2D eigenvalue weighted by Crippen LogP contribution is -2.29. The number of nitrogens with one attached hydrogen (secondary N) is 1. The summed E-state index contributed by atoms with van der Waals surface area (Å²) in [7, 11) is 0. The molecule has 126 valence electrons. The minimum absolute atomic E-state index is 0.0807. The van der Waals surface area contributed by atoms with Gasteiger partial charge in [0.25, 0.3) is 0 Å². The molecule has 2 aromatic heterocycles. The topological polar surface area (TPSA) is 41.3 Å². The molecule has 1 aliphatic rings. The van der Waals surface area contributed by atoms with E-state index < -0.39 is 0 Å². The number of furan rings is 1. The van der Waals surface area contributed by atoms with E-state index in [4.69, 9.17) is 16.6 Å². The summed E-state index contributed by atoms with van der Waals surface area (Å²) in [6, 6.07) is 17.8. The van der Waals surface area contributed by atoms with Crippen LogP contribution in [0.1, 0.15) is 29.3 Å². The molecule has 4 rings (SSSR count). The van der Waals surface area contributed by atoms with Crippen molar-refractivity contribution in [3.05, 3.63) is 82.5 Å². The predicted octanol–water partition coefficient (Wildman–Crippen LogP) is 4.92. The summed E-state index contributed by atoms with van der Waals surface area (Å²) in [5, 5.41) is 4.08. The number of thiocarbonyl (C=S) groups is 1. The van der Waals surface area contributed by atoms with Crippen molar-refractivity contribution in [1.82, 2.24) is 10.3 Å². The molecule has 1 N–H and O–H groups in total. The zero-order valence-electron chi connectivity index (χ0n) is 13.5. The van der Waals surface area contributed by atoms with Gasteiger partial charge in [-0.05, 0) is 67.7 Å². The lowest BCUT2D eigenvalue weighted by molar-refractivity contribution is 0.418. The largest absolute Gasteiger partial charge is 0.464 e. The molecule has 0 aliphatic carbocycles. The summed E-state index contributed by atoms with van der Waals surface area (Å²) in [6.07, 6.45) is 1.80.